The molecule has 0 fully saturated rings. The topological polar surface area (TPSA) is 44.8 Å². The Bertz CT molecular complexity index is 651. The molecule has 4 nitrogen and oxygen atoms in total. The first-order chi connectivity index (χ1) is 11.0. The minimum Gasteiger partial charge on any atom is -0.491 e. The molecule has 0 bridgehead atoms. The number of ketones is 1. The van der Waals surface area contributed by atoms with E-state index in [2.05, 4.69) is 0 Å². The van der Waals surface area contributed by atoms with E-state index in [0.717, 1.165) is 33.9 Å². The van der Waals surface area contributed by atoms with Gasteiger partial charge in [0.1, 0.15) is 23.9 Å². The second-order valence-corrected chi connectivity index (χ2v) is 5.40. The Balaban J connectivity index is 2.09. The molecule has 0 N–H and O–H groups in total. The summed E-state index contributed by atoms with van der Waals surface area (Å²) in [5.74, 6) is 2.29. The Morgan fingerprint density at radius 2 is 1.48 bits per heavy atom. The quantitative estimate of drug-likeness (QED) is 0.564. The smallest absolute Gasteiger partial charge is 0.160 e. The largest absolute Gasteiger partial charge is 0.491 e. The van der Waals surface area contributed by atoms with Crippen molar-refractivity contribution in [2.75, 3.05) is 20.3 Å². The number of hydrogen-bond acceptors (Lipinski definition) is 4. The number of carbonyl (C=O) groups excluding carboxylic acids is 1. The van der Waals surface area contributed by atoms with E-state index in [1.807, 2.05) is 50.2 Å². The van der Waals surface area contributed by atoms with Crippen LogP contribution in [0.15, 0.2) is 36.4 Å². The molecule has 0 heterocycles. The molecule has 0 amide bonds. The molecule has 122 valence electrons. The monoisotopic (exact) mass is 314 g/mol. The van der Waals surface area contributed by atoms with Crippen LogP contribution in [0, 0.1) is 13.8 Å². The normalized spacial score (nSPS) is 10.4. The van der Waals surface area contributed by atoms with Gasteiger partial charge in [0, 0.05) is 12.7 Å². The van der Waals surface area contributed by atoms with Gasteiger partial charge in [-0.2, -0.15) is 0 Å². The van der Waals surface area contributed by atoms with Crippen molar-refractivity contribution < 1.29 is 19.0 Å². The molecule has 0 aliphatic carbocycles. The molecule has 0 saturated heterocycles. The molecule has 0 aromatic heterocycles. The maximum atomic E-state index is 11.6. The third kappa shape index (κ3) is 4.57. The van der Waals surface area contributed by atoms with Gasteiger partial charge in [0.05, 0.1) is 6.61 Å². The van der Waals surface area contributed by atoms with E-state index in [9.17, 15) is 4.79 Å². The minimum absolute atomic E-state index is 0.0733. The van der Waals surface area contributed by atoms with E-state index in [-0.39, 0.29) is 5.78 Å². The Kier molecular flexibility index (Phi) is 5.77. The Morgan fingerprint density at radius 1 is 0.913 bits per heavy atom. The molecule has 2 rings (SSSR count). The number of Topliss-reactive ketones (excluding diaryl/α,β-unsaturated/α-hetero) is 1. The van der Waals surface area contributed by atoms with Gasteiger partial charge in [0.2, 0.25) is 0 Å². The average molecular weight is 314 g/mol. The first kappa shape index (κ1) is 17.0. The Morgan fingerprint density at radius 3 is 2.00 bits per heavy atom. The average Bonchev–Trinajstić information content (AvgIpc) is 2.48. The number of ether oxygens (including phenoxy) is 3. The molecule has 4 heteroatoms. The second kappa shape index (κ2) is 7.79. The minimum atomic E-state index is 0.0733. The van der Waals surface area contributed by atoms with Gasteiger partial charge in [0.15, 0.2) is 5.78 Å². The molecule has 0 radical (unpaired) electrons. The summed E-state index contributed by atoms with van der Waals surface area (Å²) in [5.41, 5.74) is 2.61. The van der Waals surface area contributed by atoms with Crippen LogP contribution in [0.5, 0.6) is 17.2 Å². The van der Waals surface area contributed by atoms with E-state index in [1.165, 1.54) is 0 Å². The van der Waals surface area contributed by atoms with Crippen LogP contribution in [0.25, 0.3) is 0 Å². The van der Waals surface area contributed by atoms with Gasteiger partial charge in [-0.1, -0.05) is 0 Å². The molecular formula is C19H22O4. The van der Waals surface area contributed by atoms with Crippen molar-refractivity contribution in [1.82, 2.24) is 0 Å². The third-order valence-corrected chi connectivity index (χ3v) is 3.47. The summed E-state index contributed by atoms with van der Waals surface area (Å²) in [7, 11) is 1.64. The van der Waals surface area contributed by atoms with Crippen molar-refractivity contribution in [1.29, 1.82) is 0 Å². The highest BCUT2D eigenvalue weighted by atomic mass is 16.5. The highest BCUT2D eigenvalue weighted by molar-refractivity contribution is 5.97. The van der Waals surface area contributed by atoms with E-state index < -0.39 is 0 Å². The van der Waals surface area contributed by atoms with Crippen LogP contribution < -0.4 is 9.47 Å². The predicted octanol–water partition coefficient (Wildman–Crippen LogP) is 4.32. The zero-order valence-corrected chi connectivity index (χ0v) is 14.0. The molecule has 0 spiro atoms. The van der Waals surface area contributed by atoms with Crippen molar-refractivity contribution in [2.24, 2.45) is 0 Å². The summed E-state index contributed by atoms with van der Waals surface area (Å²) in [6, 6.07) is 11.2. The van der Waals surface area contributed by atoms with Gasteiger partial charge in [-0.15, -0.1) is 0 Å². The zero-order valence-electron chi connectivity index (χ0n) is 14.0. The first-order valence-electron chi connectivity index (χ1n) is 7.53. The summed E-state index contributed by atoms with van der Waals surface area (Å²) >= 11 is 0. The predicted molar refractivity (Wildman–Crippen MR) is 89.8 cm³/mol. The standard InChI is InChI=1S/C19H22O4/c1-13-11-18(12-14(2)19(13)15(3)20)23-17-7-5-16(6-8-17)22-10-9-21-4/h5-8,11-12H,9-10H2,1-4H3. The van der Waals surface area contributed by atoms with Crippen LogP contribution in [0.3, 0.4) is 0 Å². The van der Waals surface area contributed by atoms with Crippen molar-refractivity contribution in [2.45, 2.75) is 20.8 Å². The SMILES string of the molecule is COCCOc1ccc(Oc2cc(C)c(C(C)=O)c(C)c2)cc1. The fraction of sp³-hybridized carbons (Fsp3) is 0.316. The number of carbonyl (C=O) groups is 1. The number of rotatable bonds is 7. The summed E-state index contributed by atoms with van der Waals surface area (Å²) in [5, 5.41) is 0. The van der Waals surface area contributed by atoms with Gasteiger partial charge in [-0.3, -0.25) is 4.79 Å². The number of aryl methyl sites for hydroxylation is 2. The first-order valence-corrected chi connectivity index (χ1v) is 7.53. The molecule has 23 heavy (non-hydrogen) atoms. The number of benzene rings is 2. The van der Waals surface area contributed by atoms with Gasteiger partial charge < -0.3 is 14.2 Å². The van der Waals surface area contributed by atoms with Crippen molar-refractivity contribution in [3.05, 3.63) is 53.1 Å². The molecular weight excluding hydrogens is 292 g/mol. The molecule has 2 aromatic rings. The maximum absolute atomic E-state index is 11.6. The van der Waals surface area contributed by atoms with Crippen LogP contribution in [0.2, 0.25) is 0 Å². The molecule has 0 aliphatic rings. The van der Waals surface area contributed by atoms with Crippen LogP contribution in [-0.4, -0.2) is 26.1 Å². The lowest BCUT2D eigenvalue weighted by molar-refractivity contribution is 0.101. The van der Waals surface area contributed by atoms with Crippen LogP contribution in [0.4, 0.5) is 0 Å². The van der Waals surface area contributed by atoms with E-state index in [4.69, 9.17) is 14.2 Å². The molecule has 0 unspecified atom stereocenters. The van der Waals surface area contributed by atoms with Gasteiger partial charge in [-0.25, -0.2) is 0 Å². The number of methoxy groups -OCH3 is 1. The molecule has 0 atom stereocenters. The Hall–Kier alpha value is -2.33. The van der Waals surface area contributed by atoms with Crippen molar-refractivity contribution >= 4 is 5.78 Å². The fourth-order valence-corrected chi connectivity index (χ4v) is 2.52. The van der Waals surface area contributed by atoms with E-state index in [0.29, 0.717) is 13.2 Å². The van der Waals surface area contributed by atoms with Crippen LogP contribution in [-0.2, 0) is 4.74 Å². The Labute approximate surface area is 137 Å². The van der Waals surface area contributed by atoms with Crippen LogP contribution >= 0.6 is 0 Å². The molecule has 0 saturated carbocycles. The molecule has 2 aromatic carbocycles. The van der Waals surface area contributed by atoms with Gasteiger partial charge in [-0.05, 0) is 68.3 Å². The van der Waals surface area contributed by atoms with Gasteiger partial charge >= 0.3 is 0 Å². The van der Waals surface area contributed by atoms with Gasteiger partial charge in [0.25, 0.3) is 0 Å². The van der Waals surface area contributed by atoms with E-state index >= 15 is 0 Å². The highest BCUT2D eigenvalue weighted by Gasteiger charge is 2.10. The third-order valence-electron chi connectivity index (χ3n) is 3.47. The lowest BCUT2D eigenvalue weighted by Gasteiger charge is -2.12. The second-order valence-electron chi connectivity index (χ2n) is 5.40. The fourth-order valence-electron chi connectivity index (χ4n) is 2.52. The number of hydrogen-bond donors (Lipinski definition) is 0. The molecule has 0 aliphatic heterocycles. The maximum Gasteiger partial charge on any atom is 0.160 e. The summed E-state index contributed by atoms with van der Waals surface area (Å²) in [6.45, 7) is 6.49. The lowest BCUT2D eigenvalue weighted by Crippen LogP contribution is -2.04. The van der Waals surface area contributed by atoms with Crippen molar-refractivity contribution in [3.8, 4) is 17.2 Å². The van der Waals surface area contributed by atoms with Crippen molar-refractivity contribution in [3.63, 3.8) is 0 Å². The van der Waals surface area contributed by atoms with Crippen LogP contribution in [0.1, 0.15) is 28.4 Å². The summed E-state index contributed by atoms with van der Waals surface area (Å²) in [6.07, 6.45) is 0. The summed E-state index contributed by atoms with van der Waals surface area (Å²) < 4.78 is 16.3. The lowest BCUT2D eigenvalue weighted by atomic mass is 9.99. The van der Waals surface area contributed by atoms with E-state index in [1.54, 1.807) is 14.0 Å². The zero-order chi connectivity index (χ0) is 16.8. The highest BCUT2D eigenvalue weighted by Crippen LogP contribution is 2.28. The summed E-state index contributed by atoms with van der Waals surface area (Å²) in [4.78, 5) is 11.6.